The van der Waals surface area contributed by atoms with Crippen LogP contribution in [0.4, 0.5) is 0 Å². The lowest BCUT2D eigenvalue weighted by atomic mass is 10.1. The van der Waals surface area contributed by atoms with Gasteiger partial charge in [0.15, 0.2) is 9.84 Å². The van der Waals surface area contributed by atoms with Gasteiger partial charge in [-0.1, -0.05) is 6.08 Å². The van der Waals surface area contributed by atoms with Crippen molar-refractivity contribution in [3.63, 3.8) is 0 Å². The van der Waals surface area contributed by atoms with E-state index < -0.39 is 21.7 Å². The normalized spacial score (nSPS) is 20.8. The zero-order chi connectivity index (χ0) is 14.5. The van der Waals surface area contributed by atoms with Gasteiger partial charge in [0.25, 0.3) is 0 Å². The average molecular weight is 289 g/mol. The topological polar surface area (TPSA) is 80.8 Å². The highest BCUT2D eigenvalue weighted by molar-refractivity contribution is 7.91. The lowest BCUT2D eigenvalue weighted by molar-refractivity contribution is -0.149. The summed E-state index contributed by atoms with van der Waals surface area (Å²) in [6.07, 6.45) is 1.82. The number of hydrogen-bond acceptors (Lipinski definition) is 5. The molecule has 1 unspecified atom stereocenters. The van der Waals surface area contributed by atoms with Crippen molar-refractivity contribution in [2.75, 3.05) is 31.2 Å². The molecule has 0 saturated carbocycles. The first kappa shape index (κ1) is 15.7. The first-order valence-corrected chi connectivity index (χ1v) is 7.97. The number of ether oxygens (including phenoxy) is 1. The minimum absolute atomic E-state index is 0.0325. The predicted molar refractivity (Wildman–Crippen MR) is 70.2 cm³/mol. The van der Waals surface area contributed by atoms with Crippen molar-refractivity contribution in [3.8, 4) is 0 Å². The summed E-state index contributed by atoms with van der Waals surface area (Å²) >= 11 is 0. The molecule has 6 nitrogen and oxygen atoms in total. The molecule has 1 rings (SSSR count). The molecule has 0 aromatic carbocycles. The van der Waals surface area contributed by atoms with Gasteiger partial charge in [-0.05, 0) is 13.3 Å². The molecule has 1 atom stereocenters. The highest BCUT2D eigenvalue weighted by atomic mass is 32.2. The molecule has 108 valence electrons. The van der Waals surface area contributed by atoms with Crippen LogP contribution in [0.25, 0.3) is 0 Å². The Bertz CT molecular complexity index is 457. The molecule has 0 bridgehead atoms. The van der Waals surface area contributed by atoms with E-state index in [1.807, 2.05) is 0 Å². The van der Waals surface area contributed by atoms with Crippen LogP contribution < -0.4 is 0 Å². The largest absolute Gasteiger partial charge is 0.465 e. The maximum absolute atomic E-state index is 12.2. The van der Waals surface area contributed by atoms with Gasteiger partial charge in [0, 0.05) is 6.54 Å². The van der Waals surface area contributed by atoms with Gasteiger partial charge in [-0.2, -0.15) is 0 Å². The highest BCUT2D eigenvalue weighted by Crippen LogP contribution is 2.20. The molecule has 1 saturated heterocycles. The van der Waals surface area contributed by atoms with Crippen molar-refractivity contribution >= 4 is 21.7 Å². The molecule has 1 amide bonds. The van der Waals surface area contributed by atoms with Crippen molar-refractivity contribution in [3.05, 3.63) is 12.7 Å². The average Bonchev–Trinajstić information content (AvgIpc) is 2.68. The Balaban J connectivity index is 2.68. The second-order valence-corrected chi connectivity index (χ2v) is 6.64. The smallest absolute Gasteiger partial charge is 0.325 e. The van der Waals surface area contributed by atoms with E-state index in [9.17, 15) is 18.0 Å². The van der Waals surface area contributed by atoms with Gasteiger partial charge >= 0.3 is 5.97 Å². The van der Waals surface area contributed by atoms with Gasteiger partial charge in [0.2, 0.25) is 5.91 Å². The third-order valence-electron chi connectivity index (χ3n) is 2.87. The van der Waals surface area contributed by atoms with Crippen LogP contribution in [0.15, 0.2) is 12.7 Å². The van der Waals surface area contributed by atoms with E-state index >= 15 is 0 Å². The first-order valence-electron chi connectivity index (χ1n) is 6.15. The van der Waals surface area contributed by atoms with Gasteiger partial charge in [-0.25, -0.2) is 8.42 Å². The second-order valence-electron chi connectivity index (χ2n) is 4.41. The minimum atomic E-state index is -3.12. The standard InChI is InChI=1S/C12H19NO5S/c1-3-6-13(8-11(14)18-4-2)12(15)10-5-7-19(16,17)9-10/h3,10H,1,4-9H2,2H3. The number of rotatable bonds is 6. The number of carbonyl (C=O) groups excluding carboxylic acids is 2. The maximum Gasteiger partial charge on any atom is 0.325 e. The summed E-state index contributed by atoms with van der Waals surface area (Å²) < 4.78 is 27.5. The van der Waals surface area contributed by atoms with E-state index in [1.54, 1.807) is 6.92 Å². The summed E-state index contributed by atoms with van der Waals surface area (Å²) in [5.74, 6) is -1.49. The predicted octanol–water partition coefficient (Wildman–Crippen LogP) is -0.00120. The van der Waals surface area contributed by atoms with Crippen LogP contribution in [-0.4, -0.2) is 56.4 Å². The molecular formula is C12H19NO5S. The number of carbonyl (C=O) groups is 2. The summed E-state index contributed by atoms with van der Waals surface area (Å²) in [6.45, 7) is 5.48. The number of nitrogens with zero attached hydrogens (tertiary/aromatic N) is 1. The fraction of sp³-hybridized carbons (Fsp3) is 0.667. The summed E-state index contributed by atoms with van der Waals surface area (Å²) in [4.78, 5) is 24.9. The molecular weight excluding hydrogens is 270 g/mol. The van der Waals surface area contributed by atoms with Gasteiger partial charge < -0.3 is 9.64 Å². The second kappa shape index (κ2) is 6.70. The van der Waals surface area contributed by atoms with Crippen LogP contribution in [0, 0.1) is 5.92 Å². The Kier molecular flexibility index (Phi) is 5.53. The molecule has 1 aliphatic heterocycles. The summed E-state index contributed by atoms with van der Waals surface area (Å²) in [6, 6.07) is 0. The van der Waals surface area contributed by atoms with Crippen molar-refractivity contribution in [2.24, 2.45) is 5.92 Å². The number of amides is 1. The van der Waals surface area contributed by atoms with Gasteiger partial charge in [0.1, 0.15) is 6.54 Å². The van der Waals surface area contributed by atoms with Crippen LogP contribution in [-0.2, 0) is 24.2 Å². The van der Waals surface area contributed by atoms with Crippen molar-refractivity contribution < 1.29 is 22.7 Å². The fourth-order valence-electron chi connectivity index (χ4n) is 2.00. The molecule has 0 aromatic heterocycles. The minimum Gasteiger partial charge on any atom is -0.465 e. The van der Waals surface area contributed by atoms with E-state index in [1.165, 1.54) is 11.0 Å². The number of esters is 1. The molecule has 0 aliphatic carbocycles. The van der Waals surface area contributed by atoms with Crippen molar-refractivity contribution in [1.82, 2.24) is 4.90 Å². The Morgan fingerprint density at radius 1 is 1.47 bits per heavy atom. The van der Waals surface area contributed by atoms with Crippen molar-refractivity contribution in [1.29, 1.82) is 0 Å². The zero-order valence-corrected chi connectivity index (χ0v) is 11.8. The van der Waals surface area contributed by atoms with E-state index in [0.29, 0.717) is 6.42 Å². The van der Waals surface area contributed by atoms with Crippen LogP contribution in [0.5, 0.6) is 0 Å². The molecule has 19 heavy (non-hydrogen) atoms. The molecule has 1 fully saturated rings. The van der Waals surface area contributed by atoms with E-state index in [4.69, 9.17) is 4.74 Å². The van der Waals surface area contributed by atoms with Crippen LogP contribution >= 0.6 is 0 Å². The molecule has 7 heteroatoms. The van der Waals surface area contributed by atoms with Gasteiger partial charge in [0.05, 0.1) is 24.0 Å². The van der Waals surface area contributed by atoms with Gasteiger partial charge in [-0.3, -0.25) is 9.59 Å². The lowest BCUT2D eigenvalue weighted by Gasteiger charge is -2.22. The summed E-state index contributed by atoms with van der Waals surface area (Å²) in [5, 5.41) is 0. The van der Waals surface area contributed by atoms with E-state index in [-0.39, 0.29) is 37.1 Å². The summed E-state index contributed by atoms with van der Waals surface area (Å²) in [7, 11) is -3.12. The molecule has 1 heterocycles. The Morgan fingerprint density at radius 3 is 2.63 bits per heavy atom. The SMILES string of the molecule is C=CCN(CC(=O)OCC)C(=O)C1CCS(=O)(=O)C1. The Labute approximate surface area is 113 Å². The highest BCUT2D eigenvalue weighted by Gasteiger charge is 2.35. The third kappa shape index (κ3) is 4.66. The van der Waals surface area contributed by atoms with Gasteiger partial charge in [-0.15, -0.1) is 6.58 Å². The molecule has 0 aromatic rings. The van der Waals surface area contributed by atoms with Crippen LogP contribution in [0.2, 0.25) is 0 Å². The maximum atomic E-state index is 12.2. The van der Waals surface area contributed by atoms with Crippen molar-refractivity contribution in [2.45, 2.75) is 13.3 Å². The summed E-state index contributed by atoms with van der Waals surface area (Å²) in [5.41, 5.74) is 0. The first-order chi connectivity index (χ1) is 8.89. The lowest BCUT2D eigenvalue weighted by Crippen LogP contribution is -2.40. The van der Waals surface area contributed by atoms with Crippen LogP contribution in [0.3, 0.4) is 0 Å². The van der Waals surface area contributed by atoms with Crippen LogP contribution in [0.1, 0.15) is 13.3 Å². The van der Waals surface area contributed by atoms with E-state index in [0.717, 1.165) is 0 Å². The zero-order valence-electron chi connectivity index (χ0n) is 11.0. The number of sulfone groups is 1. The Hall–Kier alpha value is -1.37. The third-order valence-corrected chi connectivity index (χ3v) is 4.64. The fourth-order valence-corrected chi connectivity index (χ4v) is 3.73. The molecule has 0 radical (unpaired) electrons. The monoisotopic (exact) mass is 289 g/mol. The quantitative estimate of drug-likeness (QED) is 0.508. The molecule has 0 spiro atoms. The number of hydrogen-bond donors (Lipinski definition) is 0. The molecule has 0 N–H and O–H groups in total. The van der Waals surface area contributed by atoms with E-state index in [2.05, 4.69) is 6.58 Å². The molecule has 1 aliphatic rings. The Morgan fingerprint density at radius 2 is 2.16 bits per heavy atom.